The molecule has 0 heterocycles. The van der Waals surface area contributed by atoms with E-state index >= 15 is 0 Å². The number of rotatable bonds is 4. The largest absolute Gasteiger partial charge is 0.488 e. The van der Waals surface area contributed by atoms with Gasteiger partial charge in [0.05, 0.1) is 10.0 Å². The average Bonchev–Trinajstić information content (AvgIpc) is 2.44. The van der Waals surface area contributed by atoms with Gasteiger partial charge in [-0.2, -0.15) is 0 Å². The lowest BCUT2D eigenvalue weighted by Crippen LogP contribution is -2.06. The third-order valence-corrected chi connectivity index (χ3v) is 3.37. The molecule has 2 aromatic rings. The number of nitrogens with two attached hydrogens (primary N) is 1. The van der Waals surface area contributed by atoms with Crippen LogP contribution in [-0.2, 0) is 13.2 Å². The quantitative estimate of drug-likeness (QED) is 0.853. The van der Waals surface area contributed by atoms with Gasteiger partial charge in [0.15, 0.2) is 0 Å². The molecule has 0 saturated heterocycles. The van der Waals surface area contributed by atoms with Crippen molar-refractivity contribution >= 4 is 15.9 Å². The van der Waals surface area contributed by atoms with Gasteiger partial charge in [-0.15, -0.1) is 0 Å². The molecule has 6 heteroatoms. The van der Waals surface area contributed by atoms with Crippen LogP contribution in [-0.4, -0.2) is 0 Å². The van der Waals surface area contributed by atoms with Gasteiger partial charge in [0.25, 0.3) is 0 Å². The Kier molecular flexibility index (Phi) is 4.67. The summed E-state index contributed by atoms with van der Waals surface area (Å²) in [5.41, 5.74) is 5.70. The van der Waals surface area contributed by atoms with Gasteiger partial charge in [0.2, 0.25) is 0 Å². The first-order valence-electron chi connectivity index (χ1n) is 5.76. The van der Waals surface area contributed by atoms with Gasteiger partial charge in [-0.3, -0.25) is 0 Å². The first-order valence-corrected chi connectivity index (χ1v) is 6.56. The fourth-order valence-corrected chi connectivity index (χ4v) is 2.07. The highest BCUT2D eigenvalue weighted by Crippen LogP contribution is 2.25. The summed E-state index contributed by atoms with van der Waals surface area (Å²) in [7, 11) is 0. The van der Waals surface area contributed by atoms with Gasteiger partial charge in [-0.05, 0) is 46.3 Å². The molecule has 0 radical (unpaired) electrons. The Morgan fingerprint density at radius 3 is 2.55 bits per heavy atom. The van der Waals surface area contributed by atoms with E-state index in [2.05, 4.69) is 15.9 Å². The molecule has 0 aliphatic heterocycles. The van der Waals surface area contributed by atoms with E-state index < -0.39 is 17.5 Å². The van der Waals surface area contributed by atoms with Crippen molar-refractivity contribution in [3.8, 4) is 5.75 Å². The van der Waals surface area contributed by atoms with E-state index in [1.54, 1.807) is 0 Å². The first kappa shape index (κ1) is 14.9. The normalized spacial score (nSPS) is 10.7. The minimum atomic E-state index is -0.721. The lowest BCUT2D eigenvalue weighted by atomic mass is 10.2. The van der Waals surface area contributed by atoms with Crippen LogP contribution in [0.1, 0.15) is 11.1 Å². The number of hydrogen-bond donors (Lipinski definition) is 1. The van der Waals surface area contributed by atoms with E-state index in [1.165, 1.54) is 24.3 Å². The number of ether oxygens (including phenoxy) is 1. The van der Waals surface area contributed by atoms with Crippen LogP contribution < -0.4 is 10.5 Å². The molecule has 20 heavy (non-hydrogen) atoms. The second kappa shape index (κ2) is 6.28. The summed E-state index contributed by atoms with van der Waals surface area (Å²) >= 11 is 2.98. The summed E-state index contributed by atoms with van der Waals surface area (Å²) in [5, 5.41) is 0. The van der Waals surface area contributed by atoms with Crippen molar-refractivity contribution < 1.29 is 17.9 Å². The predicted octanol–water partition coefficient (Wildman–Crippen LogP) is 3.90. The van der Waals surface area contributed by atoms with E-state index in [0.717, 1.165) is 6.07 Å². The van der Waals surface area contributed by atoms with Gasteiger partial charge in [0.1, 0.15) is 29.8 Å². The molecule has 0 atom stereocenters. The molecule has 0 unspecified atom stereocenters. The molecule has 106 valence electrons. The molecule has 0 aromatic heterocycles. The van der Waals surface area contributed by atoms with E-state index in [9.17, 15) is 13.2 Å². The summed E-state index contributed by atoms with van der Waals surface area (Å²) in [6.07, 6.45) is 0. The zero-order chi connectivity index (χ0) is 14.7. The Morgan fingerprint density at radius 2 is 1.85 bits per heavy atom. The van der Waals surface area contributed by atoms with Gasteiger partial charge in [0, 0.05) is 12.1 Å². The van der Waals surface area contributed by atoms with Crippen molar-refractivity contribution in [2.75, 3.05) is 0 Å². The topological polar surface area (TPSA) is 35.2 Å². The van der Waals surface area contributed by atoms with Crippen molar-refractivity contribution in [3.05, 3.63) is 63.4 Å². The van der Waals surface area contributed by atoms with Crippen LogP contribution in [0.3, 0.4) is 0 Å². The van der Waals surface area contributed by atoms with Crippen LogP contribution >= 0.6 is 15.9 Å². The van der Waals surface area contributed by atoms with Crippen LogP contribution in [0.15, 0.2) is 34.8 Å². The lowest BCUT2D eigenvalue weighted by Gasteiger charge is -2.12. The Balaban J connectivity index is 2.23. The predicted molar refractivity (Wildman–Crippen MR) is 72.7 cm³/mol. The standard InChI is InChI=1S/C14H11BrF3NO/c15-11-2-3-12(17)10(14(11)18)7-20-13-4-1-9(16)5-8(13)6-19/h1-5H,6-7,19H2. The maximum absolute atomic E-state index is 13.8. The highest BCUT2D eigenvalue weighted by atomic mass is 79.9. The second-order valence-corrected chi connectivity index (χ2v) is 4.92. The summed E-state index contributed by atoms with van der Waals surface area (Å²) in [5.74, 6) is -1.58. The molecule has 2 nitrogen and oxygen atoms in total. The zero-order valence-electron chi connectivity index (χ0n) is 10.3. The summed E-state index contributed by atoms with van der Waals surface area (Å²) in [4.78, 5) is 0. The monoisotopic (exact) mass is 345 g/mol. The van der Waals surface area contributed by atoms with Crippen LogP contribution in [0.25, 0.3) is 0 Å². The number of halogens is 4. The van der Waals surface area contributed by atoms with Crippen LogP contribution in [0.5, 0.6) is 5.75 Å². The van der Waals surface area contributed by atoms with Gasteiger partial charge in [-0.25, -0.2) is 13.2 Å². The third kappa shape index (κ3) is 3.13. The van der Waals surface area contributed by atoms with Crippen LogP contribution in [0, 0.1) is 17.5 Å². The van der Waals surface area contributed by atoms with Crippen molar-refractivity contribution in [2.45, 2.75) is 13.2 Å². The third-order valence-electron chi connectivity index (χ3n) is 2.75. The first-order chi connectivity index (χ1) is 9.52. The molecular weight excluding hydrogens is 335 g/mol. The zero-order valence-corrected chi connectivity index (χ0v) is 11.9. The van der Waals surface area contributed by atoms with E-state index in [0.29, 0.717) is 11.3 Å². The maximum Gasteiger partial charge on any atom is 0.146 e. The molecule has 0 aliphatic carbocycles. The van der Waals surface area contributed by atoms with Crippen molar-refractivity contribution in [2.24, 2.45) is 5.73 Å². The molecule has 0 saturated carbocycles. The average molecular weight is 346 g/mol. The minimum Gasteiger partial charge on any atom is -0.488 e. The van der Waals surface area contributed by atoms with Gasteiger partial charge >= 0.3 is 0 Å². The molecule has 0 fully saturated rings. The fraction of sp³-hybridized carbons (Fsp3) is 0.143. The SMILES string of the molecule is NCc1cc(F)ccc1OCc1c(F)ccc(Br)c1F. The van der Waals surface area contributed by atoms with E-state index in [-0.39, 0.29) is 23.2 Å². The van der Waals surface area contributed by atoms with Crippen LogP contribution in [0.2, 0.25) is 0 Å². The lowest BCUT2D eigenvalue weighted by molar-refractivity contribution is 0.289. The highest BCUT2D eigenvalue weighted by Gasteiger charge is 2.14. The number of hydrogen-bond acceptors (Lipinski definition) is 2. The Morgan fingerprint density at radius 1 is 1.10 bits per heavy atom. The Labute approximate surface area is 122 Å². The smallest absolute Gasteiger partial charge is 0.146 e. The van der Waals surface area contributed by atoms with Crippen molar-refractivity contribution in [3.63, 3.8) is 0 Å². The van der Waals surface area contributed by atoms with E-state index in [4.69, 9.17) is 10.5 Å². The van der Waals surface area contributed by atoms with Crippen molar-refractivity contribution in [1.29, 1.82) is 0 Å². The Hall–Kier alpha value is -1.53. The number of benzene rings is 2. The van der Waals surface area contributed by atoms with E-state index in [1.807, 2.05) is 0 Å². The van der Waals surface area contributed by atoms with Gasteiger partial charge < -0.3 is 10.5 Å². The maximum atomic E-state index is 13.8. The fourth-order valence-electron chi connectivity index (χ4n) is 1.70. The second-order valence-electron chi connectivity index (χ2n) is 4.07. The minimum absolute atomic E-state index is 0.0660. The van der Waals surface area contributed by atoms with Gasteiger partial charge in [-0.1, -0.05) is 0 Å². The summed E-state index contributed by atoms with van der Waals surface area (Å²) in [6.45, 7) is -0.244. The molecular formula is C14H11BrF3NO. The summed E-state index contributed by atoms with van der Waals surface area (Å²) in [6, 6.07) is 6.22. The molecule has 2 rings (SSSR count). The van der Waals surface area contributed by atoms with Crippen LogP contribution in [0.4, 0.5) is 13.2 Å². The molecule has 0 amide bonds. The molecule has 0 bridgehead atoms. The molecule has 2 aromatic carbocycles. The highest BCUT2D eigenvalue weighted by molar-refractivity contribution is 9.10. The Bertz CT molecular complexity index is 634. The van der Waals surface area contributed by atoms with Crippen molar-refractivity contribution in [1.82, 2.24) is 0 Å². The molecule has 0 spiro atoms. The summed E-state index contributed by atoms with van der Waals surface area (Å²) < 4.78 is 45.8. The molecule has 0 aliphatic rings. The molecule has 2 N–H and O–H groups in total.